The molecule has 1 aliphatic carbocycles. The van der Waals surface area contributed by atoms with Crippen LogP contribution in [0.25, 0.3) is 0 Å². The fourth-order valence-electron chi connectivity index (χ4n) is 4.66. The zero-order valence-electron chi connectivity index (χ0n) is 15.8. The lowest BCUT2D eigenvalue weighted by molar-refractivity contribution is -0.0105. The van der Waals surface area contributed by atoms with Crippen molar-refractivity contribution in [3.63, 3.8) is 0 Å². The molecule has 0 bridgehead atoms. The number of hydrogen-bond donors (Lipinski definition) is 0. The molecular formula is C19H31N5O. The maximum atomic E-state index is 12.7. The van der Waals surface area contributed by atoms with Crippen LogP contribution in [0.4, 0.5) is 0 Å². The van der Waals surface area contributed by atoms with Crippen LogP contribution in [0.15, 0.2) is 6.20 Å². The Morgan fingerprint density at radius 1 is 1.20 bits per heavy atom. The van der Waals surface area contributed by atoms with E-state index in [4.69, 9.17) is 0 Å². The summed E-state index contributed by atoms with van der Waals surface area (Å²) in [7, 11) is 1.91. The van der Waals surface area contributed by atoms with Crippen molar-refractivity contribution in [2.75, 3.05) is 45.8 Å². The Hall–Kier alpha value is -1.40. The second kappa shape index (κ2) is 6.72. The minimum Gasteiger partial charge on any atom is -0.335 e. The Labute approximate surface area is 150 Å². The third kappa shape index (κ3) is 3.34. The number of carbonyl (C=O) groups is 1. The minimum absolute atomic E-state index is 0.122. The molecule has 0 radical (unpaired) electrons. The lowest BCUT2D eigenvalue weighted by atomic mass is 9.75. The van der Waals surface area contributed by atoms with Gasteiger partial charge in [-0.2, -0.15) is 0 Å². The normalized spacial score (nSPS) is 28.7. The standard InChI is InChI=1S/C19H31N5O/c1-14-8-16(9-14)11-22-12-17(13-22)23-4-6-24(7-5-23)19(25)18-10-20-15(2)21(18)3/h10,14,16-17H,4-9,11-13H2,1-3H3. The molecule has 6 nitrogen and oxygen atoms in total. The molecule has 1 aromatic heterocycles. The van der Waals surface area contributed by atoms with Crippen LogP contribution in [0.1, 0.15) is 36.1 Å². The molecule has 6 heteroatoms. The van der Waals surface area contributed by atoms with Gasteiger partial charge >= 0.3 is 0 Å². The smallest absolute Gasteiger partial charge is 0.272 e. The molecule has 1 saturated carbocycles. The summed E-state index contributed by atoms with van der Waals surface area (Å²) < 4.78 is 1.89. The van der Waals surface area contributed by atoms with E-state index in [1.165, 1.54) is 32.5 Å². The van der Waals surface area contributed by atoms with E-state index in [9.17, 15) is 4.79 Å². The Bertz CT molecular complexity index is 622. The van der Waals surface area contributed by atoms with Crippen LogP contribution in [-0.2, 0) is 7.05 Å². The molecular weight excluding hydrogens is 314 g/mol. The van der Waals surface area contributed by atoms with Crippen molar-refractivity contribution in [2.45, 2.75) is 32.7 Å². The number of aromatic nitrogens is 2. The van der Waals surface area contributed by atoms with Crippen molar-refractivity contribution in [3.05, 3.63) is 17.7 Å². The zero-order chi connectivity index (χ0) is 17.6. The highest BCUT2D eigenvalue weighted by Gasteiger charge is 2.37. The summed E-state index contributed by atoms with van der Waals surface area (Å²) in [5, 5.41) is 0. The Morgan fingerprint density at radius 3 is 2.44 bits per heavy atom. The number of hydrogen-bond acceptors (Lipinski definition) is 4. The molecule has 1 aromatic rings. The molecule has 2 aliphatic heterocycles. The summed E-state index contributed by atoms with van der Waals surface area (Å²) in [5.41, 5.74) is 0.704. The van der Waals surface area contributed by atoms with Gasteiger partial charge in [0.25, 0.3) is 5.91 Å². The Morgan fingerprint density at radius 2 is 1.88 bits per heavy atom. The van der Waals surface area contributed by atoms with E-state index in [0.717, 1.165) is 43.8 Å². The van der Waals surface area contributed by atoms with Crippen LogP contribution in [0, 0.1) is 18.8 Å². The summed E-state index contributed by atoms with van der Waals surface area (Å²) >= 11 is 0. The van der Waals surface area contributed by atoms with Crippen LogP contribution in [0.5, 0.6) is 0 Å². The molecule has 138 valence electrons. The predicted octanol–water partition coefficient (Wildman–Crippen LogP) is 1.22. The van der Waals surface area contributed by atoms with E-state index in [2.05, 4.69) is 21.7 Å². The van der Waals surface area contributed by atoms with Crippen LogP contribution in [-0.4, -0.2) is 82.0 Å². The second-order valence-corrected chi connectivity index (χ2v) is 8.39. The van der Waals surface area contributed by atoms with Crippen LogP contribution in [0.2, 0.25) is 0 Å². The average Bonchev–Trinajstić information content (AvgIpc) is 2.87. The first-order valence-electron chi connectivity index (χ1n) is 9.75. The lowest BCUT2D eigenvalue weighted by Crippen LogP contribution is -2.64. The molecule has 3 aliphatic rings. The summed E-state index contributed by atoms with van der Waals surface area (Å²) in [6, 6.07) is 0.702. The SMILES string of the molecule is Cc1ncc(C(=O)N2CCN(C3CN(CC4CC(C)C4)C3)CC2)n1C. The first-order valence-corrected chi connectivity index (χ1v) is 9.75. The van der Waals surface area contributed by atoms with E-state index >= 15 is 0 Å². The van der Waals surface area contributed by atoms with Gasteiger partial charge in [-0.15, -0.1) is 0 Å². The van der Waals surface area contributed by atoms with Crippen molar-refractivity contribution in [1.82, 2.24) is 24.3 Å². The number of amides is 1. The van der Waals surface area contributed by atoms with Crippen molar-refractivity contribution >= 4 is 5.91 Å². The van der Waals surface area contributed by atoms with Gasteiger partial charge in [-0.1, -0.05) is 6.92 Å². The molecule has 1 amide bonds. The fraction of sp³-hybridized carbons (Fsp3) is 0.789. The van der Waals surface area contributed by atoms with Crippen LogP contribution < -0.4 is 0 Å². The van der Waals surface area contributed by atoms with Crippen molar-refractivity contribution in [1.29, 1.82) is 0 Å². The molecule has 0 spiro atoms. The predicted molar refractivity (Wildman–Crippen MR) is 97.5 cm³/mol. The largest absolute Gasteiger partial charge is 0.335 e. The van der Waals surface area contributed by atoms with Crippen molar-refractivity contribution in [3.8, 4) is 0 Å². The summed E-state index contributed by atoms with van der Waals surface area (Å²) in [6.07, 6.45) is 4.56. The first kappa shape index (κ1) is 17.0. The highest BCUT2D eigenvalue weighted by Crippen LogP contribution is 2.34. The molecule has 3 heterocycles. The lowest BCUT2D eigenvalue weighted by Gasteiger charge is -2.50. The summed E-state index contributed by atoms with van der Waals surface area (Å²) in [6.45, 7) is 11.7. The molecule has 3 fully saturated rings. The molecule has 0 atom stereocenters. The van der Waals surface area contributed by atoms with Gasteiger partial charge in [-0.25, -0.2) is 4.98 Å². The third-order valence-electron chi connectivity index (χ3n) is 6.48. The van der Waals surface area contributed by atoms with Crippen molar-refractivity contribution < 1.29 is 4.79 Å². The first-order chi connectivity index (χ1) is 12.0. The van der Waals surface area contributed by atoms with E-state index in [-0.39, 0.29) is 5.91 Å². The van der Waals surface area contributed by atoms with Gasteiger partial charge in [0, 0.05) is 58.9 Å². The number of carbonyl (C=O) groups excluding carboxylic acids is 1. The van der Waals surface area contributed by atoms with Gasteiger partial charge < -0.3 is 9.47 Å². The van der Waals surface area contributed by atoms with Gasteiger partial charge in [0.1, 0.15) is 11.5 Å². The topological polar surface area (TPSA) is 44.6 Å². The quantitative estimate of drug-likeness (QED) is 0.823. The molecule has 2 saturated heterocycles. The minimum atomic E-state index is 0.122. The van der Waals surface area contributed by atoms with Gasteiger partial charge in [-0.05, 0) is 31.6 Å². The molecule has 0 N–H and O–H groups in total. The molecule has 4 rings (SSSR count). The second-order valence-electron chi connectivity index (χ2n) is 8.39. The van der Waals surface area contributed by atoms with Gasteiger partial charge in [0.15, 0.2) is 0 Å². The summed E-state index contributed by atoms with van der Waals surface area (Å²) in [4.78, 5) is 24.1. The average molecular weight is 345 g/mol. The highest BCUT2D eigenvalue weighted by atomic mass is 16.2. The van der Waals surface area contributed by atoms with Gasteiger partial charge in [0.2, 0.25) is 0 Å². The zero-order valence-corrected chi connectivity index (χ0v) is 15.8. The number of aryl methyl sites for hydroxylation is 1. The molecule has 0 aromatic carbocycles. The van der Waals surface area contributed by atoms with Gasteiger partial charge in [-0.3, -0.25) is 14.6 Å². The highest BCUT2D eigenvalue weighted by molar-refractivity contribution is 5.92. The fourth-order valence-corrected chi connectivity index (χ4v) is 4.66. The molecule has 0 unspecified atom stereocenters. The Kier molecular flexibility index (Phi) is 4.58. The van der Waals surface area contributed by atoms with Gasteiger partial charge in [0.05, 0.1) is 6.20 Å². The molecule has 25 heavy (non-hydrogen) atoms. The Balaban J connectivity index is 1.21. The van der Waals surface area contributed by atoms with Crippen molar-refractivity contribution in [2.24, 2.45) is 18.9 Å². The third-order valence-corrected chi connectivity index (χ3v) is 6.48. The van der Waals surface area contributed by atoms with Crippen LogP contribution >= 0.6 is 0 Å². The van der Waals surface area contributed by atoms with Crippen LogP contribution in [0.3, 0.4) is 0 Å². The van der Waals surface area contributed by atoms with E-state index < -0.39 is 0 Å². The van der Waals surface area contributed by atoms with E-state index in [0.29, 0.717) is 11.7 Å². The monoisotopic (exact) mass is 345 g/mol. The number of likely N-dealkylation sites (tertiary alicyclic amines) is 1. The number of rotatable bonds is 4. The van der Waals surface area contributed by atoms with E-state index in [1.54, 1.807) is 6.20 Å². The number of piperazine rings is 1. The maximum absolute atomic E-state index is 12.7. The number of nitrogens with zero attached hydrogens (tertiary/aromatic N) is 5. The number of imidazole rings is 1. The van der Waals surface area contributed by atoms with E-state index in [1.807, 2.05) is 23.4 Å². The maximum Gasteiger partial charge on any atom is 0.272 e. The summed E-state index contributed by atoms with van der Waals surface area (Å²) in [5.74, 6) is 2.91.